The van der Waals surface area contributed by atoms with E-state index in [9.17, 15) is 4.79 Å². The summed E-state index contributed by atoms with van der Waals surface area (Å²) in [4.78, 5) is 11.3. The number of rotatable bonds is 7. The lowest BCUT2D eigenvalue weighted by Crippen LogP contribution is -2.06. The van der Waals surface area contributed by atoms with E-state index in [1.165, 1.54) is 5.56 Å². The van der Waals surface area contributed by atoms with Crippen LogP contribution in [0, 0.1) is 0 Å². The zero-order valence-corrected chi connectivity index (χ0v) is 11.1. The molecule has 0 saturated carbocycles. The van der Waals surface area contributed by atoms with Gasteiger partial charge < -0.3 is 9.47 Å². The average molecular weight is 248 g/mol. The quantitative estimate of drug-likeness (QED) is 0.549. The van der Waals surface area contributed by atoms with Gasteiger partial charge in [0.1, 0.15) is 5.75 Å². The number of aryl methyl sites for hydroxylation is 1. The maximum absolute atomic E-state index is 11.3. The van der Waals surface area contributed by atoms with Gasteiger partial charge in [0, 0.05) is 5.57 Å². The predicted octanol–water partition coefficient (Wildman–Crippen LogP) is 3.14. The summed E-state index contributed by atoms with van der Waals surface area (Å²) in [5.41, 5.74) is 1.78. The highest BCUT2D eigenvalue weighted by atomic mass is 16.5. The van der Waals surface area contributed by atoms with Crippen LogP contribution in [0.4, 0.5) is 0 Å². The second kappa shape index (κ2) is 7.54. The molecule has 3 nitrogen and oxygen atoms in total. The van der Waals surface area contributed by atoms with Crippen molar-refractivity contribution in [2.75, 3.05) is 13.7 Å². The summed E-state index contributed by atoms with van der Waals surface area (Å²) in [6, 6.07) is 7.95. The van der Waals surface area contributed by atoms with E-state index in [-0.39, 0.29) is 5.97 Å². The Morgan fingerprint density at radius 3 is 2.50 bits per heavy atom. The third kappa shape index (κ3) is 4.62. The van der Waals surface area contributed by atoms with Gasteiger partial charge in [-0.05, 0) is 43.9 Å². The first-order valence-corrected chi connectivity index (χ1v) is 6.15. The molecule has 0 amide bonds. The molecule has 1 aromatic carbocycles. The molecule has 0 bridgehead atoms. The summed E-state index contributed by atoms with van der Waals surface area (Å²) in [7, 11) is 1.65. The van der Waals surface area contributed by atoms with Gasteiger partial charge in [0.2, 0.25) is 0 Å². The molecule has 0 aromatic heterocycles. The summed E-state index contributed by atoms with van der Waals surface area (Å²) in [6.45, 7) is 5.93. The van der Waals surface area contributed by atoms with E-state index in [1.807, 2.05) is 24.3 Å². The van der Waals surface area contributed by atoms with Crippen LogP contribution in [0.5, 0.6) is 5.75 Å². The normalized spacial score (nSPS) is 9.89. The number of ether oxygens (including phenoxy) is 2. The Labute approximate surface area is 108 Å². The largest absolute Gasteiger partial charge is 0.497 e. The van der Waals surface area contributed by atoms with Crippen LogP contribution in [0.3, 0.4) is 0 Å². The number of carbonyl (C=O) groups is 1. The number of hydrogen-bond donors (Lipinski definition) is 0. The van der Waals surface area contributed by atoms with Gasteiger partial charge in [-0.25, -0.2) is 4.79 Å². The van der Waals surface area contributed by atoms with Crippen LogP contribution in [-0.2, 0) is 16.0 Å². The summed E-state index contributed by atoms with van der Waals surface area (Å²) < 4.78 is 9.98. The monoisotopic (exact) mass is 248 g/mol. The lowest BCUT2D eigenvalue weighted by Gasteiger charge is -2.06. The van der Waals surface area contributed by atoms with Gasteiger partial charge in [-0.1, -0.05) is 18.7 Å². The Morgan fingerprint density at radius 2 is 1.94 bits per heavy atom. The molecule has 0 radical (unpaired) electrons. The van der Waals surface area contributed by atoms with E-state index >= 15 is 0 Å². The Bertz CT molecular complexity index is 393. The van der Waals surface area contributed by atoms with Gasteiger partial charge >= 0.3 is 5.97 Å². The topological polar surface area (TPSA) is 35.5 Å². The molecule has 3 heteroatoms. The Morgan fingerprint density at radius 1 is 1.28 bits per heavy atom. The number of hydrogen-bond acceptors (Lipinski definition) is 3. The van der Waals surface area contributed by atoms with Gasteiger partial charge in [-0.3, -0.25) is 0 Å². The van der Waals surface area contributed by atoms with E-state index in [1.54, 1.807) is 14.0 Å². The number of carbonyl (C=O) groups excluding carboxylic acids is 1. The van der Waals surface area contributed by atoms with Crippen LogP contribution < -0.4 is 4.74 Å². The van der Waals surface area contributed by atoms with E-state index in [0.29, 0.717) is 18.6 Å². The van der Waals surface area contributed by atoms with Gasteiger partial charge in [-0.15, -0.1) is 0 Å². The third-order valence-electron chi connectivity index (χ3n) is 2.67. The standard InChI is InChI=1S/C15H20O3/c1-4-18-15(16)12(2)6-5-7-13-8-10-14(17-3)11-9-13/h8-11H,2,4-7H2,1,3H3. The summed E-state index contributed by atoms with van der Waals surface area (Å²) in [6.07, 6.45) is 2.48. The number of esters is 1. The molecular formula is C15H20O3. The summed E-state index contributed by atoms with van der Waals surface area (Å²) in [5.74, 6) is 0.571. The average Bonchev–Trinajstić information content (AvgIpc) is 2.39. The molecule has 0 aliphatic rings. The zero-order valence-electron chi connectivity index (χ0n) is 11.1. The molecule has 0 aliphatic heterocycles. The van der Waals surface area contributed by atoms with Gasteiger partial charge in [0.25, 0.3) is 0 Å². The summed E-state index contributed by atoms with van der Waals surface area (Å²) in [5, 5.41) is 0. The first kappa shape index (κ1) is 14.3. The molecule has 18 heavy (non-hydrogen) atoms. The molecule has 0 saturated heterocycles. The Kier molecular flexibility index (Phi) is 5.98. The molecule has 0 fully saturated rings. The molecule has 0 atom stereocenters. The molecule has 0 aliphatic carbocycles. The fourth-order valence-corrected chi connectivity index (χ4v) is 1.63. The van der Waals surface area contributed by atoms with Crippen LogP contribution in [-0.4, -0.2) is 19.7 Å². The Balaban J connectivity index is 2.32. The molecule has 1 rings (SSSR count). The number of methoxy groups -OCH3 is 1. The van der Waals surface area contributed by atoms with E-state index in [2.05, 4.69) is 6.58 Å². The van der Waals surface area contributed by atoms with Crippen molar-refractivity contribution < 1.29 is 14.3 Å². The third-order valence-corrected chi connectivity index (χ3v) is 2.67. The minimum atomic E-state index is -0.285. The highest BCUT2D eigenvalue weighted by Crippen LogP contribution is 2.14. The van der Waals surface area contributed by atoms with Crippen molar-refractivity contribution in [3.8, 4) is 5.75 Å². The van der Waals surface area contributed by atoms with Crippen molar-refractivity contribution in [2.45, 2.75) is 26.2 Å². The maximum Gasteiger partial charge on any atom is 0.333 e. The number of benzene rings is 1. The smallest absolute Gasteiger partial charge is 0.333 e. The molecule has 0 unspecified atom stereocenters. The lowest BCUT2D eigenvalue weighted by molar-refractivity contribution is -0.138. The van der Waals surface area contributed by atoms with Crippen molar-refractivity contribution in [3.05, 3.63) is 42.0 Å². The minimum absolute atomic E-state index is 0.285. The molecule has 1 aromatic rings. The van der Waals surface area contributed by atoms with Crippen molar-refractivity contribution in [2.24, 2.45) is 0 Å². The molecule has 98 valence electrons. The van der Waals surface area contributed by atoms with Crippen LogP contribution in [0.1, 0.15) is 25.3 Å². The zero-order chi connectivity index (χ0) is 13.4. The van der Waals surface area contributed by atoms with Crippen molar-refractivity contribution in [1.82, 2.24) is 0 Å². The van der Waals surface area contributed by atoms with Crippen LogP contribution in [0.25, 0.3) is 0 Å². The van der Waals surface area contributed by atoms with Crippen molar-refractivity contribution in [3.63, 3.8) is 0 Å². The molecule has 0 N–H and O–H groups in total. The van der Waals surface area contributed by atoms with Gasteiger partial charge in [-0.2, -0.15) is 0 Å². The fourth-order valence-electron chi connectivity index (χ4n) is 1.63. The maximum atomic E-state index is 11.3. The van der Waals surface area contributed by atoms with Crippen LogP contribution >= 0.6 is 0 Å². The van der Waals surface area contributed by atoms with E-state index in [4.69, 9.17) is 9.47 Å². The SMILES string of the molecule is C=C(CCCc1ccc(OC)cc1)C(=O)OCC. The first-order chi connectivity index (χ1) is 8.67. The molecule has 0 spiro atoms. The highest BCUT2D eigenvalue weighted by Gasteiger charge is 2.07. The van der Waals surface area contributed by atoms with E-state index in [0.717, 1.165) is 18.6 Å². The second-order valence-corrected chi connectivity index (χ2v) is 4.03. The van der Waals surface area contributed by atoms with Gasteiger partial charge in [0.15, 0.2) is 0 Å². The van der Waals surface area contributed by atoms with Crippen molar-refractivity contribution >= 4 is 5.97 Å². The van der Waals surface area contributed by atoms with Crippen LogP contribution in [0.15, 0.2) is 36.4 Å². The second-order valence-electron chi connectivity index (χ2n) is 4.03. The first-order valence-electron chi connectivity index (χ1n) is 6.15. The Hall–Kier alpha value is -1.77. The van der Waals surface area contributed by atoms with E-state index < -0.39 is 0 Å². The van der Waals surface area contributed by atoms with Gasteiger partial charge in [0.05, 0.1) is 13.7 Å². The minimum Gasteiger partial charge on any atom is -0.497 e. The summed E-state index contributed by atoms with van der Waals surface area (Å²) >= 11 is 0. The lowest BCUT2D eigenvalue weighted by atomic mass is 10.1. The van der Waals surface area contributed by atoms with Crippen LogP contribution in [0.2, 0.25) is 0 Å². The molecule has 0 heterocycles. The predicted molar refractivity (Wildman–Crippen MR) is 71.7 cm³/mol. The fraction of sp³-hybridized carbons (Fsp3) is 0.400. The molecular weight excluding hydrogens is 228 g/mol. The highest BCUT2D eigenvalue weighted by molar-refractivity contribution is 5.87. The van der Waals surface area contributed by atoms with Crippen molar-refractivity contribution in [1.29, 1.82) is 0 Å².